The van der Waals surface area contributed by atoms with E-state index in [0.29, 0.717) is 19.6 Å². The molecule has 3 fully saturated rings. The van der Waals surface area contributed by atoms with Crippen molar-refractivity contribution in [2.24, 2.45) is 11.3 Å². The number of nitrogen functional groups attached to an aromatic ring is 1. The summed E-state index contributed by atoms with van der Waals surface area (Å²) in [4.78, 5) is 12.2. The van der Waals surface area contributed by atoms with E-state index in [-0.39, 0.29) is 48.9 Å². The molecule has 0 saturated carbocycles. The highest BCUT2D eigenvalue weighted by Gasteiger charge is 2.45. The van der Waals surface area contributed by atoms with Gasteiger partial charge in [0.2, 0.25) is 6.43 Å². The van der Waals surface area contributed by atoms with Crippen molar-refractivity contribution in [1.29, 1.82) is 5.26 Å². The Morgan fingerprint density at radius 3 is 2.38 bits per heavy atom. The van der Waals surface area contributed by atoms with Gasteiger partial charge < -0.3 is 25.6 Å². The first-order valence-corrected chi connectivity index (χ1v) is 15.0. The fraction of sp³-hybridized carbons (Fsp3) is 0.516. The zero-order valence-electron chi connectivity index (χ0n) is 25.4. The average Bonchev–Trinajstić information content (AvgIpc) is 3.32. The largest absolute Gasteiger partial charge is 0.463 e. The Morgan fingerprint density at radius 2 is 1.77 bits per heavy atom. The van der Waals surface area contributed by atoms with E-state index < -0.39 is 80.9 Å². The number of benzene rings is 2. The smallest absolute Gasteiger partial charge is 0.419 e. The Bertz CT molecular complexity index is 1750. The Morgan fingerprint density at radius 1 is 1.09 bits per heavy atom. The van der Waals surface area contributed by atoms with Crippen LogP contribution in [0.4, 0.5) is 46.6 Å². The number of nitriles is 1. The van der Waals surface area contributed by atoms with E-state index in [1.54, 1.807) is 18.9 Å². The highest BCUT2D eigenvalue weighted by Crippen LogP contribution is 2.46. The Hall–Kier alpha value is -3.97. The normalized spacial score (nSPS) is 25.1. The molecule has 0 spiro atoms. The zero-order chi connectivity index (χ0) is 34.0. The Balaban J connectivity index is 1.54. The number of fused-ring (bicyclic) bond motifs is 3. The molecule has 0 radical (unpaired) electrons. The third-order valence-electron chi connectivity index (χ3n) is 9.50. The van der Waals surface area contributed by atoms with Crippen LogP contribution in [0.5, 0.6) is 6.01 Å². The molecule has 3 aromatic rings. The van der Waals surface area contributed by atoms with Gasteiger partial charge in [0, 0.05) is 54.0 Å². The van der Waals surface area contributed by atoms with Gasteiger partial charge in [-0.1, -0.05) is 6.92 Å². The first-order chi connectivity index (χ1) is 22.1. The molecule has 6 rings (SSSR count). The summed E-state index contributed by atoms with van der Waals surface area (Å²) in [5.41, 5.74) is -2.67. The molecule has 47 heavy (non-hydrogen) atoms. The number of piperidine rings is 1. The van der Waals surface area contributed by atoms with E-state index >= 15 is 8.78 Å². The Kier molecular flexibility index (Phi) is 8.36. The number of hydrogen-bond acceptors (Lipinski definition) is 8. The second-order valence-electron chi connectivity index (χ2n) is 12.9. The third kappa shape index (κ3) is 5.88. The maximum Gasteiger partial charge on any atom is 0.419 e. The number of halogens is 8. The molecule has 3 N–H and O–H groups in total. The van der Waals surface area contributed by atoms with E-state index in [0.717, 1.165) is 18.9 Å². The van der Waals surface area contributed by atoms with Gasteiger partial charge in [0.15, 0.2) is 5.82 Å². The van der Waals surface area contributed by atoms with Crippen LogP contribution >= 0.6 is 0 Å². The van der Waals surface area contributed by atoms with Crippen LogP contribution in [-0.4, -0.2) is 73.2 Å². The number of ether oxygens (including phenoxy) is 1. The lowest BCUT2D eigenvalue weighted by Gasteiger charge is -2.44. The minimum absolute atomic E-state index is 0.0272. The molecule has 252 valence electrons. The van der Waals surface area contributed by atoms with Crippen molar-refractivity contribution in [3.63, 3.8) is 0 Å². The van der Waals surface area contributed by atoms with Crippen molar-refractivity contribution in [3.8, 4) is 23.2 Å². The van der Waals surface area contributed by atoms with Crippen LogP contribution in [0.15, 0.2) is 12.1 Å². The lowest BCUT2D eigenvalue weighted by molar-refractivity contribution is -0.139. The lowest BCUT2D eigenvalue weighted by atomic mass is 9.73. The monoisotopic (exact) mass is 669 g/mol. The number of nitrogens with one attached hydrogen (secondary N) is 1. The van der Waals surface area contributed by atoms with Crippen molar-refractivity contribution in [1.82, 2.24) is 20.2 Å². The van der Waals surface area contributed by atoms with Gasteiger partial charge in [-0.3, -0.25) is 0 Å². The number of rotatable bonds is 6. The molecule has 3 saturated heterocycles. The number of aromatic nitrogens is 2. The minimum Gasteiger partial charge on any atom is -0.463 e. The molecule has 8 nitrogen and oxygen atoms in total. The van der Waals surface area contributed by atoms with Crippen LogP contribution in [0.2, 0.25) is 0 Å². The summed E-state index contributed by atoms with van der Waals surface area (Å²) in [6.07, 6.45) is -6.26. The highest BCUT2D eigenvalue weighted by molar-refractivity contribution is 5.95. The predicted octanol–water partition coefficient (Wildman–Crippen LogP) is 5.73. The van der Waals surface area contributed by atoms with Gasteiger partial charge in [-0.2, -0.15) is 28.4 Å². The quantitative estimate of drug-likeness (QED) is 0.254. The molecule has 2 aromatic carbocycles. The molecule has 0 aliphatic carbocycles. The number of likely N-dealkylation sites (tertiary alicyclic amines) is 1. The van der Waals surface area contributed by atoms with Gasteiger partial charge in [-0.05, 0) is 45.0 Å². The van der Waals surface area contributed by atoms with Crippen LogP contribution < -0.4 is 20.7 Å². The third-order valence-corrected chi connectivity index (χ3v) is 9.50. The molecule has 2 bridgehead atoms. The van der Waals surface area contributed by atoms with Gasteiger partial charge in [0.05, 0.1) is 23.4 Å². The summed E-state index contributed by atoms with van der Waals surface area (Å²) >= 11 is 0. The van der Waals surface area contributed by atoms with Crippen LogP contribution in [0.25, 0.3) is 22.0 Å². The molecule has 0 unspecified atom stereocenters. The summed E-state index contributed by atoms with van der Waals surface area (Å²) in [5, 5.41) is 12.9. The van der Waals surface area contributed by atoms with Gasteiger partial charge >= 0.3 is 12.2 Å². The number of piperazine rings is 1. The van der Waals surface area contributed by atoms with Crippen LogP contribution in [0, 0.1) is 40.1 Å². The molecular weight excluding hydrogens is 638 g/mol. The van der Waals surface area contributed by atoms with Crippen molar-refractivity contribution in [2.75, 3.05) is 50.5 Å². The first-order valence-electron chi connectivity index (χ1n) is 15.0. The molecular formula is C31H31F8N7O. The van der Waals surface area contributed by atoms with Crippen molar-refractivity contribution >= 4 is 22.4 Å². The number of alkyl halides is 5. The van der Waals surface area contributed by atoms with E-state index in [1.807, 2.05) is 4.90 Å². The number of anilines is 2. The van der Waals surface area contributed by atoms with Crippen molar-refractivity contribution < 1.29 is 39.9 Å². The summed E-state index contributed by atoms with van der Waals surface area (Å²) < 4.78 is 124. The molecule has 3 aliphatic rings. The Labute approximate surface area is 264 Å². The second kappa shape index (κ2) is 11.9. The SMILES string of the molecule is CN1CC[C@H](C(F)F)[C@](C)(COc2nc(N3C[C@H]4CC[C@@H](C3)N4)c3cc(F)c(-c4c(C#N)c(N)cc(F)c4C(F)(F)F)c(F)c3n2)C1. The van der Waals surface area contributed by atoms with E-state index in [4.69, 9.17) is 10.5 Å². The lowest BCUT2D eigenvalue weighted by Crippen LogP contribution is -2.51. The minimum atomic E-state index is -5.47. The number of nitrogens with zero attached hydrogens (tertiary/aromatic N) is 5. The van der Waals surface area contributed by atoms with Crippen molar-refractivity contribution in [3.05, 3.63) is 40.7 Å². The fourth-order valence-electron chi connectivity index (χ4n) is 7.31. The van der Waals surface area contributed by atoms with E-state index in [9.17, 15) is 31.6 Å². The molecule has 1 aromatic heterocycles. The van der Waals surface area contributed by atoms with Crippen molar-refractivity contribution in [2.45, 2.75) is 50.9 Å². The standard InChI is InChI=1S/C31H31F8N7O/c1-30(12-45(2)6-5-18(30)27(35)36)13-47-29-43-26-16(28(44-29)46-10-14-3-4-15(11-46)42-14)7-19(32)23(25(26)34)22-17(9-40)21(41)8-20(33)24(22)31(37,38)39/h7-8,14-15,18,27,42H,3-6,10-13,41H2,1-2H3/t14-,15+,18-,30+/m1/s1. The van der Waals surface area contributed by atoms with Gasteiger partial charge in [0.1, 0.15) is 34.6 Å². The number of nitrogens with two attached hydrogens (primary N) is 1. The molecule has 3 aliphatic heterocycles. The van der Waals surface area contributed by atoms with Gasteiger partial charge in [-0.25, -0.2) is 22.0 Å². The van der Waals surface area contributed by atoms with E-state index in [2.05, 4.69) is 15.3 Å². The van der Waals surface area contributed by atoms with Gasteiger partial charge in [-0.15, -0.1) is 0 Å². The summed E-state index contributed by atoms with van der Waals surface area (Å²) in [6, 6.07) is 2.01. The average molecular weight is 670 g/mol. The maximum absolute atomic E-state index is 16.6. The molecule has 0 amide bonds. The number of hydrogen-bond donors (Lipinski definition) is 2. The summed E-state index contributed by atoms with van der Waals surface area (Å²) in [5.74, 6) is -6.10. The van der Waals surface area contributed by atoms with Crippen LogP contribution in [0.3, 0.4) is 0 Å². The predicted molar refractivity (Wildman–Crippen MR) is 156 cm³/mol. The first kappa shape index (κ1) is 33.0. The molecule has 4 atom stereocenters. The topological polar surface area (TPSA) is 103 Å². The summed E-state index contributed by atoms with van der Waals surface area (Å²) in [7, 11) is 1.78. The summed E-state index contributed by atoms with van der Waals surface area (Å²) in [6.45, 7) is 2.75. The van der Waals surface area contributed by atoms with Crippen LogP contribution in [-0.2, 0) is 6.18 Å². The molecule has 4 heterocycles. The molecule has 16 heteroatoms. The highest BCUT2D eigenvalue weighted by atomic mass is 19.4. The van der Waals surface area contributed by atoms with Gasteiger partial charge in [0.25, 0.3) is 0 Å². The van der Waals surface area contributed by atoms with Crippen LogP contribution in [0.1, 0.15) is 37.3 Å². The zero-order valence-corrected chi connectivity index (χ0v) is 25.4. The second-order valence-corrected chi connectivity index (χ2v) is 12.9. The van der Waals surface area contributed by atoms with E-state index in [1.165, 1.54) is 6.07 Å². The maximum atomic E-state index is 16.6. The fourth-order valence-corrected chi connectivity index (χ4v) is 7.31.